The van der Waals surface area contributed by atoms with E-state index in [2.05, 4.69) is 15.6 Å². The van der Waals surface area contributed by atoms with Crippen molar-refractivity contribution in [2.45, 2.75) is 44.3 Å². The normalized spacial score (nSPS) is 14.1. The zero-order valence-corrected chi connectivity index (χ0v) is 22.9. The van der Waals surface area contributed by atoms with Gasteiger partial charge >= 0.3 is 0 Å². The summed E-state index contributed by atoms with van der Waals surface area (Å²) in [6, 6.07) is 18.8. The summed E-state index contributed by atoms with van der Waals surface area (Å²) in [5.74, 6) is 1.03. The number of fused-ring (bicyclic) bond motifs is 1. The van der Waals surface area contributed by atoms with Gasteiger partial charge in [-0.15, -0.1) is 5.10 Å². The molecule has 0 spiro atoms. The molecule has 40 heavy (non-hydrogen) atoms. The van der Waals surface area contributed by atoms with E-state index in [0.717, 1.165) is 31.2 Å². The molecule has 0 saturated heterocycles. The number of anilines is 1. The summed E-state index contributed by atoms with van der Waals surface area (Å²) in [6.07, 6.45) is 3.93. The van der Waals surface area contributed by atoms with Crippen molar-refractivity contribution < 1.29 is 23.8 Å². The number of methoxy groups -OCH3 is 3. The Balaban J connectivity index is 1.62. The van der Waals surface area contributed by atoms with Crippen molar-refractivity contribution in [3.05, 3.63) is 72.3 Å². The van der Waals surface area contributed by atoms with E-state index < -0.39 is 6.04 Å². The van der Waals surface area contributed by atoms with Gasteiger partial charge in [0, 0.05) is 17.8 Å². The molecule has 5 rings (SSSR count). The van der Waals surface area contributed by atoms with Gasteiger partial charge in [-0.25, -0.2) is 4.68 Å². The molecular weight excluding hydrogens is 510 g/mol. The van der Waals surface area contributed by atoms with Gasteiger partial charge in [0.2, 0.25) is 11.8 Å². The Kier molecular flexibility index (Phi) is 8.14. The Morgan fingerprint density at radius 2 is 1.57 bits per heavy atom. The smallest absolute Gasteiger partial charge is 0.249 e. The molecule has 2 amide bonds. The van der Waals surface area contributed by atoms with Crippen molar-refractivity contribution in [3.8, 4) is 17.2 Å². The first kappa shape index (κ1) is 27.0. The molecule has 1 atom stereocenters. The van der Waals surface area contributed by atoms with Crippen LogP contribution in [0, 0.1) is 0 Å². The molecule has 1 N–H and O–H groups in total. The highest BCUT2D eigenvalue weighted by atomic mass is 16.5. The van der Waals surface area contributed by atoms with Crippen molar-refractivity contribution in [2.24, 2.45) is 0 Å². The van der Waals surface area contributed by atoms with Gasteiger partial charge < -0.3 is 19.5 Å². The molecule has 1 aliphatic carbocycles. The molecule has 1 aliphatic rings. The standard InChI is InChI=1S/C30H33N5O5/c1-38-23-14-12-22(13-15-23)35(28(36)19-34-27-11-7-6-10-26(27)32-33-34)29(30(37)31-21-8-4-5-9-21)20-16-24(39-2)18-25(17-20)40-3/h6-7,10-18,21,29H,4-5,8-9,19H2,1-3H3,(H,31,37). The number of carbonyl (C=O) groups excluding carboxylic acids is 2. The van der Waals surface area contributed by atoms with E-state index in [1.54, 1.807) is 68.5 Å². The Morgan fingerprint density at radius 3 is 2.23 bits per heavy atom. The van der Waals surface area contributed by atoms with Crippen LogP contribution in [0.2, 0.25) is 0 Å². The summed E-state index contributed by atoms with van der Waals surface area (Å²) in [5, 5.41) is 11.6. The fraction of sp³-hybridized carbons (Fsp3) is 0.333. The van der Waals surface area contributed by atoms with Crippen LogP contribution in [0.25, 0.3) is 11.0 Å². The highest BCUT2D eigenvalue weighted by molar-refractivity contribution is 6.01. The van der Waals surface area contributed by atoms with E-state index in [9.17, 15) is 9.59 Å². The molecule has 3 aromatic carbocycles. The molecule has 1 aromatic heterocycles. The number of amides is 2. The number of hydrogen-bond acceptors (Lipinski definition) is 7. The maximum absolute atomic E-state index is 14.2. The topological polar surface area (TPSA) is 108 Å². The lowest BCUT2D eigenvalue weighted by molar-refractivity contribution is -0.127. The lowest BCUT2D eigenvalue weighted by Crippen LogP contribution is -2.47. The quantitative estimate of drug-likeness (QED) is 0.318. The van der Waals surface area contributed by atoms with Crippen molar-refractivity contribution in [1.29, 1.82) is 0 Å². The second-order valence-corrected chi connectivity index (χ2v) is 9.74. The molecule has 10 nitrogen and oxygen atoms in total. The zero-order chi connectivity index (χ0) is 28.1. The molecule has 10 heteroatoms. The third kappa shape index (κ3) is 5.70. The minimum absolute atomic E-state index is 0.0505. The third-order valence-corrected chi connectivity index (χ3v) is 7.22. The summed E-state index contributed by atoms with van der Waals surface area (Å²) in [4.78, 5) is 29.9. The first-order chi connectivity index (χ1) is 19.5. The van der Waals surface area contributed by atoms with Gasteiger partial charge in [-0.1, -0.05) is 30.2 Å². The van der Waals surface area contributed by atoms with E-state index >= 15 is 0 Å². The minimum Gasteiger partial charge on any atom is -0.497 e. The summed E-state index contributed by atoms with van der Waals surface area (Å²) in [6.45, 7) is -0.124. The largest absolute Gasteiger partial charge is 0.497 e. The number of rotatable bonds is 10. The SMILES string of the molecule is COc1ccc(N(C(=O)Cn2nnc3ccccc32)C(C(=O)NC2CCCC2)c2cc(OC)cc(OC)c2)cc1. The number of benzene rings is 3. The van der Waals surface area contributed by atoms with Crippen LogP contribution < -0.4 is 24.4 Å². The van der Waals surface area contributed by atoms with Gasteiger partial charge in [-0.3, -0.25) is 14.5 Å². The first-order valence-electron chi connectivity index (χ1n) is 13.3. The predicted octanol–water partition coefficient (Wildman–Crippen LogP) is 4.29. The maximum atomic E-state index is 14.2. The molecule has 0 bridgehead atoms. The lowest BCUT2D eigenvalue weighted by Gasteiger charge is -2.32. The van der Waals surface area contributed by atoms with E-state index in [-0.39, 0.29) is 24.4 Å². The van der Waals surface area contributed by atoms with Gasteiger partial charge in [0.05, 0.1) is 26.8 Å². The predicted molar refractivity (Wildman–Crippen MR) is 151 cm³/mol. The van der Waals surface area contributed by atoms with Crippen LogP contribution in [0.1, 0.15) is 37.3 Å². The van der Waals surface area contributed by atoms with E-state index in [1.807, 2.05) is 24.3 Å². The number of hydrogen-bond donors (Lipinski definition) is 1. The molecule has 0 radical (unpaired) electrons. The number of carbonyl (C=O) groups is 2. The Morgan fingerprint density at radius 1 is 0.925 bits per heavy atom. The van der Waals surface area contributed by atoms with Crippen molar-refractivity contribution in [2.75, 3.05) is 26.2 Å². The summed E-state index contributed by atoms with van der Waals surface area (Å²) in [7, 11) is 4.68. The Bertz CT molecular complexity index is 1460. The zero-order valence-electron chi connectivity index (χ0n) is 22.9. The summed E-state index contributed by atoms with van der Waals surface area (Å²) < 4.78 is 17.9. The summed E-state index contributed by atoms with van der Waals surface area (Å²) >= 11 is 0. The fourth-order valence-electron chi connectivity index (χ4n) is 5.17. The fourth-order valence-corrected chi connectivity index (χ4v) is 5.17. The van der Waals surface area contributed by atoms with Gasteiger partial charge in [0.1, 0.15) is 35.4 Å². The van der Waals surface area contributed by atoms with Gasteiger partial charge in [0.25, 0.3) is 0 Å². The molecule has 1 fully saturated rings. The molecule has 4 aromatic rings. The monoisotopic (exact) mass is 543 g/mol. The molecule has 0 aliphatic heterocycles. The molecule has 1 saturated carbocycles. The first-order valence-corrected chi connectivity index (χ1v) is 13.3. The molecule has 1 unspecified atom stereocenters. The van der Waals surface area contributed by atoms with Gasteiger partial charge in [-0.2, -0.15) is 0 Å². The summed E-state index contributed by atoms with van der Waals surface area (Å²) in [5.41, 5.74) is 2.49. The van der Waals surface area contributed by atoms with Crippen LogP contribution in [-0.2, 0) is 16.1 Å². The number of aromatic nitrogens is 3. The van der Waals surface area contributed by atoms with Crippen LogP contribution in [0.3, 0.4) is 0 Å². The highest BCUT2D eigenvalue weighted by Crippen LogP contribution is 2.34. The second kappa shape index (κ2) is 12.1. The Labute approximate surface area is 232 Å². The van der Waals surface area contributed by atoms with Crippen LogP contribution in [-0.4, -0.2) is 54.2 Å². The third-order valence-electron chi connectivity index (χ3n) is 7.22. The van der Waals surface area contributed by atoms with Crippen LogP contribution in [0.5, 0.6) is 17.2 Å². The van der Waals surface area contributed by atoms with Crippen LogP contribution in [0.4, 0.5) is 5.69 Å². The van der Waals surface area contributed by atoms with Crippen molar-refractivity contribution in [1.82, 2.24) is 20.3 Å². The highest BCUT2D eigenvalue weighted by Gasteiger charge is 2.35. The number of para-hydroxylation sites is 1. The van der Waals surface area contributed by atoms with Gasteiger partial charge in [-0.05, 0) is 66.9 Å². The minimum atomic E-state index is -1.01. The van der Waals surface area contributed by atoms with Crippen LogP contribution >= 0.6 is 0 Å². The second-order valence-electron chi connectivity index (χ2n) is 9.74. The van der Waals surface area contributed by atoms with Crippen LogP contribution in [0.15, 0.2) is 66.7 Å². The lowest BCUT2D eigenvalue weighted by atomic mass is 10.0. The number of nitrogens with zero attached hydrogens (tertiary/aromatic N) is 4. The van der Waals surface area contributed by atoms with Crippen molar-refractivity contribution in [3.63, 3.8) is 0 Å². The molecule has 208 valence electrons. The number of nitrogens with one attached hydrogen (secondary N) is 1. The Hall–Kier alpha value is -4.60. The van der Waals surface area contributed by atoms with E-state index in [0.29, 0.717) is 34.0 Å². The van der Waals surface area contributed by atoms with Crippen molar-refractivity contribution >= 4 is 28.5 Å². The maximum Gasteiger partial charge on any atom is 0.249 e. The van der Waals surface area contributed by atoms with E-state index in [4.69, 9.17) is 14.2 Å². The molecular formula is C30H33N5O5. The van der Waals surface area contributed by atoms with Gasteiger partial charge in [0.15, 0.2) is 0 Å². The van der Waals surface area contributed by atoms with E-state index in [1.165, 1.54) is 4.90 Å². The molecule has 1 heterocycles. The average Bonchev–Trinajstić information content (AvgIpc) is 3.65. The average molecular weight is 544 g/mol. The number of ether oxygens (including phenoxy) is 3.